The Labute approximate surface area is 113 Å². The second-order valence-corrected chi connectivity index (χ2v) is 4.44. The number of aromatic nitrogens is 2. The van der Waals surface area contributed by atoms with E-state index in [0.29, 0.717) is 18.2 Å². The van der Waals surface area contributed by atoms with Crippen molar-refractivity contribution in [2.45, 2.75) is 26.9 Å². The summed E-state index contributed by atoms with van der Waals surface area (Å²) in [4.78, 5) is 9.00. The number of nitrogen functional groups attached to an aromatic ring is 1. The van der Waals surface area contributed by atoms with Gasteiger partial charge in [-0.05, 0) is 18.9 Å². The van der Waals surface area contributed by atoms with Gasteiger partial charge >= 0.3 is 0 Å². The summed E-state index contributed by atoms with van der Waals surface area (Å²) in [7, 11) is 1.68. The average molecular weight is 257 g/mol. The van der Waals surface area contributed by atoms with Crippen molar-refractivity contribution in [1.29, 1.82) is 0 Å². The fraction of sp³-hybridized carbons (Fsp3) is 0.333. The predicted octanol–water partition coefficient (Wildman–Crippen LogP) is 2.74. The molecule has 0 fully saturated rings. The molecular weight excluding hydrogens is 238 g/mol. The number of nitrogens with two attached hydrogens (primary N) is 1. The SMILES string of the molecule is CCc1c(C)nc(-c2ccccc2COC)nc1N. The van der Waals surface area contributed by atoms with Crippen LogP contribution < -0.4 is 5.73 Å². The lowest BCUT2D eigenvalue weighted by atomic mass is 10.1. The Morgan fingerprint density at radius 3 is 2.58 bits per heavy atom. The molecule has 2 rings (SSSR count). The molecule has 0 atom stereocenters. The first-order chi connectivity index (χ1) is 9.17. The Bertz CT molecular complexity index is 558. The van der Waals surface area contributed by atoms with Gasteiger partial charge in [0.15, 0.2) is 5.82 Å². The van der Waals surface area contributed by atoms with Gasteiger partial charge < -0.3 is 10.5 Å². The smallest absolute Gasteiger partial charge is 0.162 e. The highest BCUT2D eigenvalue weighted by molar-refractivity contribution is 5.62. The number of hydrogen-bond acceptors (Lipinski definition) is 4. The van der Waals surface area contributed by atoms with E-state index in [1.54, 1.807) is 7.11 Å². The molecule has 0 saturated heterocycles. The molecule has 0 unspecified atom stereocenters. The van der Waals surface area contributed by atoms with E-state index >= 15 is 0 Å². The molecule has 0 radical (unpaired) electrons. The van der Waals surface area contributed by atoms with Crippen LogP contribution in [0.5, 0.6) is 0 Å². The number of nitrogens with zero attached hydrogens (tertiary/aromatic N) is 2. The van der Waals surface area contributed by atoms with E-state index < -0.39 is 0 Å². The van der Waals surface area contributed by atoms with Crippen LogP contribution in [0.3, 0.4) is 0 Å². The Morgan fingerprint density at radius 2 is 1.95 bits per heavy atom. The predicted molar refractivity (Wildman–Crippen MR) is 76.7 cm³/mol. The largest absolute Gasteiger partial charge is 0.383 e. The summed E-state index contributed by atoms with van der Waals surface area (Å²) in [5, 5.41) is 0. The quantitative estimate of drug-likeness (QED) is 0.914. The van der Waals surface area contributed by atoms with Gasteiger partial charge in [-0.25, -0.2) is 9.97 Å². The van der Waals surface area contributed by atoms with E-state index in [1.807, 2.05) is 31.2 Å². The van der Waals surface area contributed by atoms with E-state index in [9.17, 15) is 0 Å². The van der Waals surface area contributed by atoms with E-state index in [4.69, 9.17) is 10.5 Å². The minimum absolute atomic E-state index is 0.536. The first kappa shape index (κ1) is 13.5. The third-order valence-electron chi connectivity index (χ3n) is 3.16. The molecule has 4 heteroatoms. The van der Waals surface area contributed by atoms with Crippen LogP contribution in [0.15, 0.2) is 24.3 Å². The lowest BCUT2D eigenvalue weighted by Crippen LogP contribution is -2.05. The molecule has 0 spiro atoms. The molecule has 2 aromatic rings. The molecule has 0 amide bonds. The van der Waals surface area contributed by atoms with Gasteiger partial charge in [-0.15, -0.1) is 0 Å². The Hall–Kier alpha value is -1.94. The minimum Gasteiger partial charge on any atom is -0.383 e. The van der Waals surface area contributed by atoms with Gasteiger partial charge in [0.05, 0.1) is 6.61 Å². The number of hydrogen-bond donors (Lipinski definition) is 1. The molecule has 1 aromatic heterocycles. The Morgan fingerprint density at radius 1 is 1.21 bits per heavy atom. The fourth-order valence-electron chi connectivity index (χ4n) is 2.20. The summed E-state index contributed by atoms with van der Waals surface area (Å²) in [5.41, 5.74) is 10.0. The van der Waals surface area contributed by atoms with Crippen molar-refractivity contribution in [3.63, 3.8) is 0 Å². The molecule has 100 valence electrons. The number of aryl methyl sites for hydroxylation is 1. The van der Waals surface area contributed by atoms with Crippen LogP contribution in [0.25, 0.3) is 11.4 Å². The average Bonchev–Trinajstić information content (AvgIpc) is 2.39. The summed E-state index contributed by atoms with van der Waals surface area (Å²) < 4.78 is 5.21. The van der Waals surface area contributed by atoms with E-state index in [0.717, 1.165) is 28.8 Å². The minimum atomic E-state index is 0.536. The van der Waals surface area contributed by atoms with E-state index in [-0.39, 0.29) is 0 Å². The third kappa shape index (κ3) is 2.74. The number of methoxy groups -OCH3 is 1. The van der Waals surface area contributed by atoms with Crippen LogP contribution >= 0.6 is 0 Å². The topological polar surface area (TPSA) is 61.0 Å². The molecule has 1 heterocycles. The molecular formula is C15H19N3O. The zero-order chi connectivity index (χ0) is 13.8. The van der Waals surface area contributed by atoms with Crippen molar-refractivity contribution in [1.82, 2.24) is 9.97 Å². The highest BCUT2D eigenvalue weighted by Gasteiger charge is 2.12. The van der Waals surface area contributed by atoms with Gasteiger partial charge in [0.25, 0.3) is 0 Å². The number of anilines is 1. The second kappa shape index (κ2) is 5.80. The van der Waals surface area contributed by atoms with Gasteiger partial charge in [0.2, 0.25) is 0 Å². The van der Waals surface area contributed by atoms with Gasteiger partial charge in [0, 0.05) is 23.9 Å². The first-order valence-electron chi connectivity index (χ1n) is 6.37. The molecule has 0 aliphatic rings. The molecule has 2 N–H and O–H groups in total. The number of benzene rings is 1. The Kier molecular flexibility index (Phi) is 4.12. The molecule has 0 aliphatic heterocycles. The van der Waals surface area contributed by atoms with Gasteiger partial charge in [-0.1, -0.05) is 31.2 Å². The van der Waals surface area contributed by atoms with Crippen molar-refractivity contribution >= 4 is 5.82 Å². The summed E-state index contributed by atoms with van der Waals surface area (Å²) in [6.45, 7) is 4.56. The molecule has 0 saturated carbocycles. The monoisotopic (exact) mass is 257 g/mol. The van der Waals surface area contributed by atoms with Crippen LogP contribution in [0.1, 0.15) is 23.7 Å². The molecule has 0 aliphatic carbocycles. The highest BCUT2D eigenvalue weighted by atomic mass is 16.5. The normalized spacial score (nSPS) is 10.7. The van der Waals surface area contributed by atoms with Crippen LogP contribution in [-0.2, 0) is 17.8 Å². The second-order valence-electron chi connectivity index (χ2n) is 4.44. The van der Waals surface area contributed by atoms with Crippen LogP contribution in [0.4, 0.5) is 5.82 Å². The zero-order valence-electron chi connectivity index (χ0n) is 11.6. The maximum Gasteiger partial charge on any atom is 0.162 e. The number of ether oxygens (including phenoxy) is 1. The van der Waals surface area contributed by atoms with Gasteiger partial charge in [-0.3, -0.25) is 0 Å². The fourth-order valence-corrected chi connectivity index (χ4v) is 2.20. The summed E-state index contributed by atoms with van der Waals surface area (Å²) >= 11 is 0. The van der Waals surface area contributed by atoms with Crippen molar-refractivity contribution in [3.05, 3.63) is 41.1 Å². The molecule has 0 bridgehead atoms. The van der Waals surface area contributed by atoms with Crippen molar-refractivity contribution in [2.75, 3.05) is 12.8 Å². The van der Waals surface area contributed by atoms with Crippen molar-refractivity contribution in [3.8, 4) is 11.4 Å². The highest BCUT2D eigenvalue weighted by Crippen LogP contribution is 2.24. The Balaban J connectivity index is 2.53. The van der Waals surface area contributed by atoms with Gasteiger partial charge in [-0.2, -0.15) is 0 Å². The summed E-state index contributed by atoms with van der Waals surface area (Å²) in [6, 6.07) is 7.96. The lowest BCUT2D eigenvalue weighted by Gasteiger charge is -2.11. The molecule has 4 nitrogen and oxygen atoms in total. The van der Waals surface area contributed by atoms with Crippen LogP contribution in [0.2, 0.25) is 0 Å². The first-order valence-corrected chi connectivity index (χ1v) is 6.37. The maximum absolute atomic E-state index is 6.01. The third-order valence-corrected chi connectivity index (χ3v) is 3.16. The number of rotatable bonds is 4. The summed E-state index contributed by atoms with van der Waals surface area (Å²) in [5.74, 6) is 1.23. The van der Waals surface area contributed by atoms with Crippen LogP contribution in [-0.4, -0.2) is 17.1 Å². The standard InChI is InChI=1S/C15H19N3O/c1-4-12-10(2)17-15(18-14(12)16)13-8-6-5-7-11(13)9-19-3/h5-8H,4,9H2,1-3H3,(H2,16,17,18). The van der Waals surface area contributed by atoms with Crippen LogP contribution in [0, 0.1) is 6.92 Å². The van der Waals surface area contributed by atoms with Gasteiger partial charge in [0.1, 0.15) is 5.82 Å². The maximum atomic E-state index is 6.01. The zero-order valence-corrected chi connectivity index (χ0v) is 11.6. The molecule has 19 heavy (non-hydrogen) atoms. The lowest BCUT2D eigenvalue weighted by molar-refractivity contribution is 0.185. The summed E-state index contributed by atoms with van der Waals surface area (Å²) in [6.07, 6.45) is 0.845. The molecule has 1 aromatic carbocycles. The van der Waals surface area contributed by atoms with Crippen molar-refractivity contribution < 1.29 is 4.74 Å². The van der Waals surface area contributed by atoms with E-state index in [1.165, 1.54) is 0 Å². The van der Waals surface area contributed by atoms with Crippen molar-refractivity contribution in [2.24, 2.45) is 0 Å². The van der Waals surface area contributed by atoms with E-state index in [2.05, 4.69) is 16.9 Å².